The highest BCUT2D eigenvalue weighted by atomic mass is 32.1. The number of hydrogen-bond donors (Lipinski definition) is 2. The Labute approximate surface area is 159 Å². The van der Waals surface area contributed by atoms with E-state index in [0.717, 1.165) is 5.69 Å². The Morgan fingerprint density at radius 2 is 1.63 bits per heavy atom. The molecule has 1 heterocycles. The number of amides is 2. The van der Waals surface area contributed by atoms with E-state index in [4.69, 9.17) is 4.74 Å². The molecule has 1 aromatic heterocycles. The first-order chi connectivity index (χ1) is 13.1. The lowest BCUT2D eigenvalue weighted by Gasteiger charge is -2.11. The van der Waals surface area contributed by atoms with E-state index >= 15 is 0 Å². The van der Waals surface area contributed by atoms with Crippen LogP contribution in [-0.4, -0.2) is 24.4 Å². The Bertz CT molecular complexity index is 940. The van der Waals surface area contributed by atoms with E-state index < -0.39 is 24.4 Å². The molecule has 0 aliphatic carbocycles. The molecule has 2 N–H and O–H groups in total. The number of anilines is 2. The van der Waals surface area contributed by atoms with E-state index in [2.05, 4.69) is 10.6 Å². The number of carbonyl (C=O) groups excluding carboxylic acids is 3. The standard InChI is InChI=1S/C20H16N2O4S/c23-18(22-19(24)17-11-6-12-27-17)13-26-20(25)15-9-4-5-10-16(15)21-14-7-2-1-3-8-14/h1-12,21H,13H2,(H,22,23,24). The molecule has 27 heavy (non-hydrogen) atoms. The maximum absolute atomic E-state index is 12.3. The lowest BCUT2D eigenvalue weighted by atomic mass is 10.1. The highest BCUT2D eigenvalue weighted by Gasteiger charge is 2.16. The van der Waals surface area contributed by atoms with E-state index in [1.807, 2.05) is 30.3 Å². The van der Waals surface area contributed by atoms with Crippen LogP contribution in [0.3, 0.4) is 0 Å². The molecule has 3 rings (SSSR count). The molecule has 0 fully saturated rings. The number of carbonyl (C=O) groups is 3. The third kappa shape index (κ3) is 5.02. The summed E-state index contributed by atoms with van der Waals surface area (Å²) in [7, 11) is 0. The Kier molecular flexibility index (Phi) is 5.96. The number of benzene rings is 2. The average Bonchev–Trinajstić information content (AvgIpc) is 3.22. The Morgan fingerprint density at radius 3 is 2.37 bits per heavy atom. The molecule has 0 aliphatic rings. The molecule has 0 atom stereocenters. The van der Waals surface area contributed by atoms with Crippen LogP contribution in [-0.2, 0) is 9.53 Å². The molecule has 3 aromatic rings. The summed E-state index contributed by atoms with van der Waals surface area (Å²) in [5.74, 6) is -1.86. The van der Waals surface area contributed by atoms with Gasteiger partial charge in [-0.15, -0.1) is 11.3 Å². The Balaban J connectivity index is 1.59. The van der Waals surface area contributed by atoms with Crippen molar-refractivity contribution >= 4 is 40.5 Å². The molecule has 0 spiro atoms. The first-order valence-electron chi connectivity index (χ1n) is 8.09. The quantitative estimate of drug-likeness (QED) is 0.638. The van der Waals surface area contributed by atoms with Crippen LogP contribution in [0.1, 0.15) is 20.0 Å². The van der Waals surface area contributed by atoms with E-state index in [1.165, 1.54) is 11.3 Å². The van der Waals surface area contributed by atoms with Crippen molar-refractivity contribution in [3.63, 3.8) is 0 Å². The van der Waals surface area contributed by atoms with Crippen molar-refractivity contribution in [3.8, 4) is 0 Å². The number of imide groups is 1. The van der Waals surface area contributed by atoms with Gasteiger partial charge in [0.05, 0.1) is 16.1 Å². The lowest BCUT2D eigenvalue weighted by Crippen LogP contribution is -2.33. The van der Waals surface area contributed by atoms with Gasteiger partial charge in [0.1, 0.15) is 0 Å². The zero-order valence-electron chi connectivity index (χ0n) is 14.2. The second-order valence-corrected chi connectivity index (χ2v) is 6.42. The smallest absolute Gasteiger partial charge is 0.340 e. The van der Waals surface area contributed by atoms with Crippen LogP contribution in [0.2, 0.25) is 0 Å². The van der Waals surface area contributed by atoms with Crippen LogP contribution in [0.15, 0.2) is 72.1 Å². The highest BCUT2D eigenvalue weighted by molar-refractivity contribution is 7.12. The molecule has 6 nitrogen and oxygen atoms in total. The Morgan fingerprint density at radius 1 is 0.889 bits per heavy atom. The van der Waals surface area contributed by atoms with Crippen molar-refractivity contribution in [3.05, 3.63) is 82.6 Å². The fourth-order valence-corrected chi connectivity index (χ4v) is 2.91. The monoisotopic (exact) mass is 380 g/mol. The summed E-state index contributed by atoms with van der Waals surface area (Å²) in [5, 5.41) is 7.05. The van der Waals surface area contributed by atoms with E-state index in [-0.39, 0.29) is 0 Å². The van der Waals surface area contributed by atoms with E-state index in [9.17, 15) is 14.4 Å². The zero-order chi connectivity index (χ0) is 19.1. The first kappa shape index (κ1) is 18.3. The van der Waals surface area contributed by atoms with Crippen molar-refractivity contribution in [1.29, 1.82) is 0 Å². The number of rotatable bonds is 6. The summed E-state index contributed by atoms with van der Waals surface area (Å²) in [6.07, 6.45) is 0. The minimum atomic E-state index is -0.685. The molecular weight excluding hydrogens is 364 g/mol. The van der Waals surface area contributed by atoms with Gasteiger partial charge >= 0.3 is 5.97 Å². The normalized spacial score (nSPS) is 10.1. The number of para-hydroxylation sites is 2. The molecule has 2 amide bonds. The molecule has 7 heteroatoms. The molecule has 136 valence electrons. The molecule has 0 saturated heterocycles. The summed E-state index contributed by atoms with van der Waals surface area (Å²) in [4.78, 5) is 36.4. The molecular formula is C20H16N2O4S. The third-order valence-electron chi connectivity index (χ3n) is 3.53. The molecule has 0 unspecified atom stereocenters. The van der Waals surface area contributed by atoms with Gasteiger partial charge in [0.25, 0.3) is 11.8 Å². The maximum atomic E-state index is 12.3. The molecule has 0 radical (unpaired) electrons. The molecule has 0 saturated carbocycles. The van der Waals surface area contributed by atoms with Crippen LogP contribution >= 0.6 is 11.3 Å². The van der Waals surface area contributed by atoms with Gasteiger partial charge in [-0.25, -0.2) is 4.79 Å². The second kappa shape index (κ2) is 8.77. The molecule has 2 aromatic carbocycles. The van der Waals surface area contributed by atoms with E-state index in [1.54, 1.807) is 41.8 Å². The minimum absolute atomic E-state index is 0.290. The van der Waals surface area contributed by atoms with Gasteiger partial charge < -0.3 is 10.1 Å². The summed E-state index contributed by atoms with van der Waals surface area (Å²) in [6, 6.07) is 19.5. The zero-order valence-corrected chi connectivity index (χ0v) is 15.0. The van der Waals surface area contributed by atoms with Gasteiger partial charge in [0.15, 0.2) is 6.61 Å². The number of thiophene rings is 1. The lowest BCUT2D eigenvalue weighted by molar-refractivity contribution is -0.123. The number of nitrogens with one attached hydrogen (secondary N) is 2. The number of ether oxygens (including phenoxy) is 1. The Hall–Kier alpha value is -3.45. The van der Waals surface area contributed by atoms with Crippen LogP contribution in [0.4, 0.5) is 11.4 Å². The van der Waals surface area contributed by atoms with Crippen molar-refractivity contribution < 1.29 is 19.1 Å². The summed E-state index contributed by atoms with van der Waals surface area (Å²) in [5.41, 5.74) is 1.67. The highest BCUT2D eigenvalue weighted by Crippen LogP contribution is 2.21. The second-order valence-electron chi connectivity index (χ2n) is 5.47. The minimum Gasteiger partial charge on any atom is -0.452 e. The molecule has 0 bridgehead atoms. The molecule has 0 aliphatic heterocycles. The summed E-state index contributed by atoms with van der Waals surface area (Å²) in [6.45, 7) is -0.546. The van der Waals surface area contributed by atoms with Crippen molar-refractivity contribution in [2.75, 3.05) is 11.9 Å². The largest absolute Gasteiger partial charge is 0.452 e. The van der Waals surface area contributed by atoms with Gasteiger partial charge in [-0.05, 0) is 35.7 Å². The van der Waals surface area contributed by atoms with Crippen LogP contribution < -0.4 is 10.6 Å². The maximum Gasteiger partial charge on any atom is 0.340 e. The van der Waals surface area contributed by atoms with Crippen molar-refractivity contribution in [1.82, 2.24) is 5.32 Å². The van der Waals surface area contributed by atoms with Gasteiger partial charge in [-0.1, -0.05) is 36.4 Å². The van der Waals surface area contributed by atoms with E-state index in [0.29, 0.717) is 16.1 Å². The van der Waals surface area contributed by atoms with Crippen molar-refractivity contribution in [2.45, 2.75) is 0 Å². The predicted molar refractivity (Wildman–Crippen MR) is 103 cm³/mol. The SMILES string of the molecule is O=C(COC(=O)c1ccccc1Nc1ccccc1)NC(=O)c1cccs1. The van der Waals surface area contributed by atoms with Crippen LogP contribution in [0, 0.1) is 0 Å². The fraction of sp³-hybridized carbons (Fsp3) is 0.0500. The van der Waals surface area contributed by atoms with Crippen LogP contribution in [0.25, 0.3) is 0 Å². The van der Waals surface area contributed by atoms with Gasteiger partial charge in [-0.3, -0.25) is 14.9 Å². The van der Waals surface area contributed by atoms with Crippen molar-refractivity contribution in [2.24, 2.45) is 0 Å². The topological polar surface area (TPSA) is 84.5 Å². The fourth-order valence-electron chi connectivity index (χ4n) is 2.29. The first-order valence-corrected chi connectivity index (χ1v) is 8.97. The van der Waals surface area contributed by atoms with Gasteiger partial charge in [-0.2, -0.15) is 0 Å². The number of hydrogen-bond acceptors (Lipinski definition) is 6. The number of esters is 1. The average molecular weight is 380 g/mol. The summed E-state index contributed by atoms with van der Waals surface area (Å²) >= 11 is 1.22. The predicted octanol–water partition coefficient (Wildman–Crippen LogP) is 3.61. The van der Waals surface area contributed by atoms with Gasteiger partial charge in [0, 0.05) is 5.69 Å². The van der Waals surface area contributed by atoms with Gasteiger partial charge in [0.2, 0.25) is 0 Å². The summed E-state index contributed by atoms with van der Waals surface area (Å²) < 4.78 is 5.05. The van der Waals surface area contributed by atoms with Crippen LogP contribution in [0.5, 0.6) is 0 Å². The third-order valence-corrected chi connectivity index (χ3v) is 4.40.